The van der Waals surface area contributed by atoms with Crippen molar-refractivity contribution in [1.29, 1.82) is 0 Å². The number of aliphatic hydroxyl groups excluding tert-OH is 2. The van der Waals surface area contributed by atoms with Gasteiger partial charge in [-0.2, -0.15) is 0 Å². The quantitative estimate of drug-likeness (QED) is 0.0534. The number of hydrogen-bond acceptors (Lipinski definition) is 7. The largest absolute Gasteiger partial charge is 0.465 e. The van der Waals surface area contributed by atoms with E-state index in [0.29, 0.717) is 49.2 Å². The lowest BCUT2D eigenvalue weighted by molar-refractivity contribution is -0.126. The lowest BCUT2D eigenvalue weighted by Crippen LogP contribution is -2.29. The average molecular weight is 705 g/mol. The zero-order valence-corrected chi connectivity index (χ0v) is 30.4. The number of aromatic amines is 1. The predicted molar refractivity (Wildman–Crippen MR) is 203 cm³/mol. The third-order valence-electron chi connectivity index (χ3n) is 10.4. The number of H-pyrrole nitrogens is 1. The second-order valence-electron chi connectivity index (χ2n) is 14.3. The van der Waals surface area contributed by atoms with Crippen LogP contribution in [0.3, 0.4) is 0 Å². The van der Waals surface area contributed by atoms with Gasteiger partial charge in [0.2, 0.25) is 0 Å². The standard InChI is InChI=1S/C43H52N4O5/c1-3-5-7-11-34(37(48)12-8-6-4-2)39(50)18-13-28-14-20-40-41(22-28)52-43-29(10-9-21-51-40)16-19-38(49)33-17-15-30(42(44)45)23-31(33)24-32-25-46-36-27-47(43)26-35(32)36/h14-15,17,20,22-23,25-27,29,34,37-38,42-43,46,48-49H,3-8,10-13,18,24,44-45H2,1-2H3/t29-,34+,37+,38+,43-/m0/s1. The molecule has 4 aromatic rings. The van der Waals surface area contributed by atoms with Crippen molar-refractivity contribution in [3.63, 3.8) is 0 Å². The zero-order chi connectivity index (χ0) is 36.6. The molecule has 2 aromatic heterocycles. The Bertz CT molecular complexity index is 1970. The molecule has 0 aliphatic carbocycles. The summed E-state index contributed by atoms with van der Waals surface area (Å²) in [6.45, 7) is 4.29. The molecule has 2 aliphatic heterocycles. The Morgan fingerprint density at radius 2 is 1.81 bits per heavy atom. The number of benzene rings is 2. The van der Waals surface area contributed by atoms with Gasteiger partial charge in [-0.25, -0.2) is 0 Å². The van der Waals surface area contributed by atoms with Crippen LogP contribution >= 0.6 is 0 Å². The van der Waals surface area contributed by atoms with Crippen LogP contribution in [0.25, 0.3) is 10.9 Å². The van der Waals surface area contributed by atoms with Crippen molar-refractivity contribution in [2.75, 3.05) is 0 Å². The van der Waals surface area contributed by atoms with E-state index in [1.807, 2.05) is 53.4 Å². The number of nitrogens with two attached hydrogens (primary N) is 2. The highest BCUT2D eigenvalue weighted by Gasteiger charge is 2.29. The van der Waals surface area contributed by atoms with E-state index < -0.39 is 30.5 Å². The fraction of sp³-hybridized carbons (Fsp3) is 0.465. The number of nitrogens with zero attached hydrogens (tertiary/aromatic N) is 1. The SMILES string of the molecule is CCCCC[C@@H](O)[C@@H](CCCCC)C(=O)CCc1ccc2c(c1)O[C@H]1[C@H](C#C[C@@H](O)c3ccc(C(N)N)cc3Cc3c[nH]c4cn1cc34)CC#CO2. The van der Waals surface area contributed by atoms with Crippen LogP contribution in [0.4, 0.5) is 0 Å². The van der Waals surface area contributed by atoms with Gasteiger partial charge in [-0.05, 0) is 59.2 Å². The number of ether oxygens (including phenoxy) is 2. The fourth-order valence-electron chi connectivity index (χ4n) is 7.37. The first-order valence-corrected chi connectivity index (χ1v) is 18.9. The van der Waals surface area contributed by atoms with Crippen molar-refractivity contribution in [1.82, 2.24) is 9.55 Å². The van der Waals surface area contributed by atoms with Gasteiger partial charge >= 0.3 is 0 Å². The van der Waals surface area contributed by atoms with Gasteiger partial charge in [-0.3, -0.25) is 4.79 Å². The first-order chi connectivity index (χ1) is 25.2. The number of Topliss-reactive ketones (excluding diaryl/α,β-unsaturated/α-hetero) is 1. The zero-order valence-electron chi connectivity index (χ0n) is 30.4. The van der Waals surface area contributed by atoms with Gasteiger partial charge in [0, 0.05) is 49.2 Å². The number of ketones is 1. The molecule has 0 spiro atoms. The molecule has 2 aromatic carbocycles. The summed E-state index contributed by atoms with van der Waals surface area (Å²) in [7, 11) is 0. The molecule has 6 rings (SSSR count). The Hall–Kier alpha value is -4.51. The molecule has 7 N–H and O–H groups in total. The van der Waals surface area contributed by atoms with Crippen LogP contribution in [0, 0.1) is 35.7 Å². The predicted octanol–water partition coefficient (Wildman–Crippen LogP) is 7.10. The molecular formula is C43H52N4O5. The molecular weight excluding hydrogens is 652 g/mol. The van der Waals surface area contributed by atoms with E-state index in [4.69, 9.17) is 20.9 Å². The van der Waals surface area contributed by atoms with Gasteiger partial charge in [0.15, 0.2) is 17.7 Å². The summed E-state index contributed by atoms with van der Waals surface area (Å²) >= 11 is 0. The van der Waals surface area contributed by atoms with Crippen molar-refractivity contribution < 1.29 is 24.5 Å². The number of aliphatic hydroxyl groups is 2. The molecule has 0 unspecified atom stereocenters. The van der Waals surface area contributed by atoms with E-state index in [2.05, 4.69) is 48.9 Å². The van der Waals surface area contributed by atoms with Crippen molar-refractivity contribution in [3.05, 3.63) is 82.8 Å². The molecule has 0 saturated carbocycles. The highest BCUT2D eigenvalue weighted by atomic mass is 16.5. The second kappa shape index (κ2) is 17.3. The minimum Gasteiger partial charge on any atom is -0.465 e. The Balaban J connectivity index is 1.28. The smallest absolute Gasteiger partial charge is 0.190 e. The monoisotopic (exact) mass is 704 g/mol. The molecule has 2 bridgehead atoms. The molecule has 2 aliphatic rings. The van der Waals surface area contributed by atoms with Gasteiger partial charge in [0.25, 0.3) is 0 Å². The van der Waals surface area contributed by atoms with Gasteiger partial charge in [-0.1, -0.05) is 94.4 Å². The number of carbonyl (C=O) groups is 1. The number of fused-ring (bicyclic) bond motifs is 5. The third kappa shape index (κ3) is 8.74. The lowest BCUT2D eigenvalue weighted by Gasteiger charge is -2.26. The van der Waals surface area contributed by atoms with Crippen LogP contribution in [0.5, 0.6) is 11.5 Å². The number of aromatic nitrogens is 2. The minimum atomic E-state index is -1.05. The maximum atomic E-state index is 13.6. The van der Waals surface area contributed by atoms with E-state index >= 15 is 0 Å². The summed E-state index contributed by atoms with van der Waals surface area (Å²) in [4.78, 5) is 17.0. The Morgan fingerprint density at radius 1 is 1.00 bits per heavy atom. The van der Waals surface area contributed by atoms with Crippen LogP contribution in [-0.2, 0) is 17.6 Å². The Kier molecular flexibility index (Phi) is 12.4. The molecule has 4 heterocycles. The van der Waals surface area contributed by atoms with Gasteiger partial charge in [-0.15, -0.1) is 0 Å². The second-order valence-corrected chi connectivity index (χ2v) is 14.3. The average Bonchev–Trinajstić information content (AvgIpc) is 3.74. The van der Waals surface area contributed by atoms with Gasteiger partial charge in [0.1, 0.15) is 18.0 Å². The molecule has 9 nitrogen and oxygen atoms in total. The number of rotatable bonds is 14. The summed E-state index contributed by atoms with van der Waals surface area (Å²) in [5.74, 6) is 9.83. The Morgan fingerprint density at radius 3 is 2.60 bits per heavy atom. The van der Waals surface area contributed by atoms with Crippen LogP contribution in [0.1, 0.15) is 124 Å². The minimum absolute atomic E-state index is 0.113. The van der Waals surface area contributed by atoms with Crippen molar-refractivity contribution >= 4 is 16.7 Å². The molecule has 0 saturated heterocycles. The fourth-order valence-corrected chi connectivity index (χ4v) is 7.37. The van der Waals surface area contributed by atoms with Crippen LogP contribution in [0.2, 0.25) is 0 Å². The summed E-state index contributed by atoms with van der Waals surface area (Å²) in [5, 5.41) is 23.4. The first kappa shape index (κ1) is 37.3. The number of aryl methyl sites for hydroxylation is 1. The number of nitrogens with one attached hydrogen (secondary N) is 1. The molecule has 0 fully saturated rings. The summed E-state index contributed by atoms with van der Waals surface area (Å²) < 4.78 is 14.7. The lowest BCUT2D eigenvalue weighted by atomic mass is 9.86. The number of carbonyl (C=O) groups excluding carboxylic acids is 1. The first-order valence-electron chi connectivity index (χ1n) is 18.9. The summed E-state index contributed by atoms with van der Waals surface area (Å²) in [6, 6.07) is 11.3. The van der Waals surface area contributed by atoms with Crippen LogP contribution in [-0.4, -0.2) is 31.7 Å². The van der Waals surface area contributed by atoms with Crippen molar-refractivity contribution in [2.45, 2.75) is 115 Å². The highest BCUT2D eigenvalue weighted by molar-refractivity contribution is 5.83. The topological polar surface area (TPSA) is 149 Å². The molecule has 52 heavy (non-hydrogen) atoms. The normalized spacial score (nSPS) is 19.0. The van der Waals surface area contributed by atoms with Crippen LogP contribution < -0.4 is 20.9 Å². The molecule has 274 valence electrons. The van der Waals surface area contributed by atoms with Gasteiger partial charge in [0.05, 0.1) is 23.7 Å². The molecule has 9 heteroatoms. The van der Waals surface area contributed by atoms with Crippen molar-refractivity contribution in [2.24, 2.45) is 23.3 Å². The summed E-state index contributed by atoms with van der Waals surface area (Å²) in [5.41, 5.74) is 17.3. The van der Waals surface area contributed by atoms with E-state index in [0.717, 1.165) is 78.1 Å². The third-order valence-corrected chi connectivity index (χ3v) is 10.4. The highest BCUT2D eigenvalue weighted by Crippen LogP contribution is 2.37. The van der Waals surface area contributed by atoms with E-state index in [-0.39, 0.29) is 11.7 Å². The van der Waals surface area contributed by atoms with E-state index in [9.17, 15) is 15.0 Å². The molecule has 0 amide bonds. The number of hydrogen-bond donors (Lipinski definition) is 5. The number of unbranched alkanes of at least 4 members (excludes halogenated alkanes) is 4. The van der Waals surface area contributed by atoms with Crippen LogP contribution in [0.15, 0.2) is 55.0 Å². The van der Waals surface area contributed by atoms with E-state index in [1.165, 1.54) is 0 Å². The maximum absolute atomic E-state index is 13.6. The molecule has 0 radical (unpaired) electrons. The van der Waals surface area contributed by atoms with Gasteiger partial charge < -0.3 is 40.7 Å². The van der Waals surface area contributed by atoms with Crippen molar-refractivity contribution in [3.8, 4) is 35.4 Å². The Labute approximate surface area is 307 Å². The van der Waals surface area contributed by atoms with E-state index in [1.54, 1.807) is 0 Å². The summed E-state index contributed by atoms with van der Waals surface area (Å²) in [6.07, 6.45) is 15.3. The maximum Gasteiger partial charge on any atom is 0.190 e. The molecule has 5 atom stereocenters.